The Bertz CT molecular complexity index is 778. The first-order chi connectivity index (χ1) is 11.8. The largest absolute Gasteiger partial charge is 0.418 e. The zero-order valence-electron chi connectivity index (χ0n) is 12.7. The van der Waals surface area contributed by atoms with Gasteiger partial charge < -0.3 is 16.0 Å². The van der Waals surface area contributed by atoms with Gasteiger partial charge in [0.2, 0.25) is 5.91 Å². The number of amides is 3. The van der Waals surface area contributed by atoms with Crippen LogP contribution in [0.1, 0.15) is 5.56 Å². The van der Waals surface area contributed by atoms with E-state index in [1.54, 1.807) is 0 Å². The van der Waals surface area contributed by atoms with E-state index in [0.717, 1.165) is 18.2 Å². The lowest BCUT2D eigenvalue weighted by molar-refractivity contribution is -0.136. The first-order valence-corrected chi connectivity index (χ1v) is 7.03. The molecule has 0 aromatic heterocycles. The number of hydrogen-bond acceptors (Lipinski definition) is 2. The summed E-state index contributed by atoms with van der Waals surface area (Å²) in [5.74, 6) is -1.39. The molecule has 0 bridgehead atoms. The molecular weight excluding hydrogens is 342 g/mol. The topological polar surface area (TPSA) is 70.2 Å². The molecule has 0 unspecified atom stereocenters. The maximum atomic E-state index is 13.4. The summed E-state index contributed by atoms with van der Waals surface area (Å²) < 4.78 is 51.8. The van der Waals surface area contributed by atoms with Gasteiger partial charge in [0.25, 0.3) is 0 Å². The van der Waals surface area contributed by atoms with Crippen molar-refractivity contribution in [1.82, 2.24) is 5.32 Å². The standard InChI is InChI=1S/C16H13F4N3O2/c17-11-6-2-4-8-13(11)22-14(24)9-21-15(25)23-12-7-3-1-5-10(12)16(18,19)20/h1-8H,9H2,(H,22,24)(H2,21,23,25). The van der Waals surface area contributed by atoms with Crippen molar-refractivity contribution >= 4 is 23.3 Å². The van der Waals surface area contributed by atoms with Crippen molar-refractivity contribution in [3.63, 3.8) is 0 Å². The first-order valence-electron chi connectivity index (χ1n) is 7.03. The minimum atomic E-state index is -4.63. The van der Waals surface area contributed by atoms with Gasteiger partial charge >= 0.3 is 12.2 Å². The van der Waals surface area contributed by atoms with Gasteiger partial charge in [-0.3, -0.25) is 4.79 Å². The van der Waals surface area contributed by atoms with Gasteiger partial charge in [-0.2, -0.15) is 13.2 Å². The number of carbonyl (C=O) groups is 2. The van der Waals surface area contributed by atoms with Crippen LogP contribution in [-0.2, 0) is 11.0 Å². The zero-order chi connectivity index (χ0) is 18.4. The molecule has 2 rings (SSSR count). The molecule has 0 radical (unpaired) electrons. The van der Waals surface area contributed by atoms with Gasteiger partial charge in [0.05, 0.1) is 23.5 Å². The van der Waals surface area contributed by atoms with Crippen LogP contribution in [-0.4, -0.2) is 18.5 Å². The maximum Gasteiger partial charge on any atom is 0.418 e. The number of carbonyl (C=O) groups excluding carboxylic acids is 2. The number of alkyl halides is 3. The fraction of sp³-hybridized carbons (Fsp3) is 0.125. The number of anilines is 2. The predicted octanol–water partition coefficient (Wildman–Crippen LogP) is 3.60. The SMILES string of the molecule is O=C(CNC(=O)Nc1ccccc1C(F)(F)F)Nc1ccccc1F. The van der Waals surface area contributed by atoms with E-state index in [1.165, 1.54) is 30.3 Å². The van der Waals surface area contributed by atoms with Gasteiger partial charge in [0, 0.05) is 0 Å². The number of para-hydroxylation sites is 2. The second-order valence-corrected chi connectivity index (χ2v) is 4.88. The third-order valence-corrected chi connectivity index (χ3v) is 3.04. The van der Waals surface area contributed by atoms with Crippen LogP contribution in [0.25, 0.3) is 0 Å². The molecule has 3 N–H and O–H groups in total. The highest BCUT2D eigenvalue weighted by Crippen LogP contribution is 2.34. The summed E-state index contributed by atoms with van der Waals surface area (Å²) in [4.78, 5) is 23.3. The highest BCUT2D eigenvalue weighted by atomic mass is 19.4. The minimum Gasteiger partial charge on any atom is -0.329 e. The van der Waals surface area contributed by atoms with Gasteiger partial charge in [-0.05, 0) is 24.3 Å². The van der Waals surface area contributed by atoms with Crippen LogP contribution in [0.5, 0.6) is 0 Å². The first kappa shape index (κ1) is 18.2. The smallest absolute Gasteiger partial charge is 0.329 e. The van der Waals surface area contributed by atoms with Gasteiger partial charge in [-0.25, -0.2) is 9.18 Å². The van der Waals surface area contributed by atoms with Crippen molar-refractivity contribution in [2.75, 3.05) is 17.2 Å². The highest BCUT2D eigenvalue weighted by Gasteiger charge is 2.33. The summed E-state index contributed by atoms with van der Waals surface area (Å²) in [6.45, 7) is -0.547. The lowest BCUT2D eigenvalue weighted by Gasteiger charge is -2.14. The molecular formula is C16H13F4N3O2. The molecule has 0 aliphatic rings. The van der Waals surface area contributed by atoms with Crippen LogP contribution in [0.4, 0.5) is 33.7 Å². The summed E-state index contributed by atoms with van der Waals surface area (Å²) >= 11 is 0. The molecule has 0 aliphatic heterocycles. The lowest BCUT2D eigenvalue weighted by Crippen LogP contribution is -2.36. The summed E-state index contributed by atoms with van der Waals surface area (Å²) in [5.41, 5.74) is -1.53. The Labute approximate surface area is 140 Å². The number of benzene rings is 2. The fourth-order valence-corrected chi connectivity index (χ4v) is 1.92. The Balaban J connectivity index is 1.91. The number of nitrogens with one attached hydrogen (secondary N) is 3. The number of urea groups is 1. The molecule has 0 spiro atoms. The maximum absolute atomic E-state index is 13.4. The summed E-state index contributed by atoms with van der Waals surface area (Å²) in [7, 11) is 0. The molecule has 3 amide bonds. The highest BCUT2D eigenvalue weighted by molar-refractivity contribution is 5.97. The van der Waals surface area contributed by atoms with Crippen molar-refractivity contribution in [3.8, 4) is 0 Å². The van der Waals surface area contributed by atoms with E-state index in [9.17, 15) is 27.2 Å². The van der Waals surface area contributed by atoms with E-state index in [0.29, 0.717) is 0 Å². The Morgan fingerprint density at radius 3 is 2.12 bits per heavy atom. The minimum absolute atomic E-state index is 0.0721. The van der Waals surface area contributed by atoms with Gasteiger partial charge in [-0.15, -0.1) is 0 Å². The monoisotopic (exact) mass is 355 g/mol. The van der Waals surface area contributed by atoms with Crippen molar-refractivity contribution < 1.29 is 27.2 Å². The van der Waals surface area contributed by atoms with E-state index in [-0.39, 0.29) is 5.69 Å². The van der Waals surface area contributed by atoms with Crippen molar-refractivity contribution in [1.29, 1.82) is 0 Å². The van der Waals surface area contributed by atoms with Crippen molar-refractivity contribution in [2.24, 2.45) is 0 Å². The Morgan fingerprint density at radius 1 is 0.880 bits per heavy atom. The second kappa shape index (κ2) is 7.65. The van der Waals surface area contributed by atoms with Crippen LogP contribution in [0.15, 0.2) is 48.5 Å². The number of halogens is 4. The van der Waals surface area contributed by atoms with Gasteiger partial charge in [-0.1, -0.05) is 24.3 Å². The van der Waals surface area contributed by atoms with Gasteiger partial charge in [0.15, 0.2) is 0 Å². The normalized spacial score (nSPS) is 10.9. The van der Waals surface area contributed by atoms with Crippen LogP contribution >= 0.6 is 0 Å². The molecule has 0 saturated carbocycles. The average molecular weight is 355 g/mol. The molecule has 5 nitrogen and oxygen atoms in total. The van der Waals surface area contributed by atoms with E-state index in [1.807, 2.05) is 5.32 Å². The summed E-state index contributed by atoms with van der Waals surface area (Å²) in [6, 6.07) is 8.84. The van der Waals surface area contributed by atoms with E-state index < -0.39 is 41.7 Å². The number of hydrogen-bond donors (Lipinski definition) is 3. The lowest BCUT2D eigenvalue weighted by atomic mass is 10.1. The Hall–Kier alpha value is -3.10. The molecule has 0 atom stereocenters. The van der Waals surface area contributed by atoms with Crippen molar-refractivity contribution in [2.45, 2.75) is 6.18 Å². The Kier molecular flexibility index (Phi) is 5.58. The molecule has 132 valence electrons. The third-order valence-electron chi connectivity index (χ3n) is 3.04. The van der Waals surface area contributed by atoms with E-state index >= 15 is 0 Å². The van der Waals surface area contributed by atoms with Gasteiger partial charge in [0.1, 0.15) is 5.82 Å². The quantitative estimate of drug-likeness (QED) is 0.734. The molecule has 25 heavy (non-hydrogen) atoms. The predicted molar refractivity (Wildman–Crippen MR) is 83.5 cm³/mol. The second-order valence-electron chi connectivity index (χ2n) is 4.88. The Morgan fingerprint density at radius 2 is 1.48 bits per heavy atom. The molecule has 2 aromatic rings. The molecule has 9 heteroatoms. The number of rotatable bonds is 4. The average Bonchev–Trinajstić information content (AvgIpc) is 2.55. The molecule has 0 fully saturated rings. The molecule has 0 saturated heterocycles. The van der Waals surface area contributed by atoms with Crippen LogP contribution in [0.2, 0.25) is 0 Å². The molecule has 0 heterocycles. The summed E-state index contributed by atoms with van der Waals surface area (Å²) in [5, 5.41) is 6.35. The fourth-order valence-electron chi connectivity index (χ4n) is 1.92. The van der Waals surface area contributed by atoms with E-state index in [4.69, 9.17) is 0 Å². The zero-order valence-corrected chi connectivity index (χ0v) is 12.7. The molecule has 2 aromatic carbocycles. The van der Waals surface area contributed by atoms with Crippen LogP contribution < -0.4 is 16.0 Å². The summed E-state index contributed by atoms with van der Waals surface area (Å²) in [6.07, 6.45) is -4.63. The third kappa shape index (κ3) is 5.20. The van der Waals surface area contributed by atoms with Crippen LogP contribution in [0, 0.1) is 5.82 Å². The van der Waals surface area contributed by atoms with E-state index in [2.05, 4.69) is 10.6 Å². The van der Waals surface area contributed by atoms with Crippen molar-refractivity contribution in [3.05, 3.63) is 59.9 Å². The molecule has 0 aliphatic carbocycles. The van der Waals surface area contributed by atoms with Crippen LogP contribution in [0.3, 0.4) is 0 Å².